The Morgan fingerprint density at radius 2 is 2.11 bits per heavy atom. The number of aromatic nitrogens is 3. The molecule has 0 saturated heterocycles. The van der Waals surface area contributed by atoms with Crippen LogP contribution in [-0.2, 0) is 11.3 Å². The number of amides is 1. The first-order valence-electron chi connectivity index (χ1n) is 9.34. The van der Waals surface area contributed by atoms with Crippen molar-refractivity contribution in [3.05, 3.63) is 53.9 Å². The summed E-state index contributed by atoms with van der Waals surface area (Å²) in [7, 11) is 0. The smallest absolute Gasteiger partial charge is 0.227 e. The van der Waals surface area contributed by atoms with E-state index in [0.717, 1.165) is 41.3 Å². The lowest BCUT2D eigenvalue weighted by Gasteiger charge is -2.28. The highest BCUT2D eigenvalue weighted by Crippen LogP contribution is 2.36. The number of carbonyl (C=O) groups is 1. The summed E-state index contributed by atoms with van der Waals surface area (Å²) in [6.07, 6.45) is 10.3. The molecule has 1 aliphatic carbocycles. The van der Waals surface area contributed by atoms with Crippen molar-refractivity contribution in [1.82, 2.24) is 14.5 Å². The van der Waals surface area contributed by atoms with Gasteiger partial charge in [0.1, 0.15) is 5.52 Å². The summed E-state index contributed by atoms with van der Waals surface area (Å²) in [6.45, 7) is 0.777. The van der Waals surface area contributed by atoms with Crippen LogP contribution in [0.25, 0.3) is 21.9 Å². The number of benzene rings is 1. The lowest BCUT2D eigenvalue weighted by Crippen LogP contribution is -2.36. The minimum atomic E-state index is -0.642. The van der Waals surface area contributed by atoms with Gasteiger partial charge in [0.25, 0.3) is 0 Å². The van der Waals surface area contributed by atoms with Gasteiger partial charge in [-0.25, -0.2) is 9.97 Å². The first-order valence-corrected chi connectivity index (χ1v) is 9.72. The third kappa shape index (κ3) is 3.24. The maximum Gasteiger partial charge on any atom is 0.227 e. The minimum absolute atomic E-state index is 0.304. The number of imidazole rings is 1. The second-order valence-corrected chi connectivity index (χ2v) is 7.69. The number of nitrogen functional groups attached to an aromatic ring is 1. The SMILES string of the molecule is NC(=O)C1(CCCCn2cnc3c(N)nc4ccccc4c32)C=CC(Cl)=CC1. The number of para-hydroxylation sites is 1. The van der Waals surface area contributed by atoms with Crippen molar-refractivity contribution in [3.8, 4) is 0 Å². The first-order chi connectivity index (χ1) is 13.5. The quantitative estimate of drug-likeness (QED) is 0.618. The summed E-state index contributed by atoms with van der Waals surface area (Å²) in [4.78, 5) is 20.9. The van der Waals surface area contributed by atoms with Gasteiger partial charge in [0, 0.05) is 17.0 Å². The molecule has 0 aliphatic heterocycles. The van der Waals surface area contributed by atoms with Crippen LogP contribution < -0.4 is 11.5 Å². The maximum absolute atomic E-state index is 12.0. The van der Waals surface area contributed by atoms with E-state index < -0.39 is 5.41 Å². The Morgan fingerprint density at radius 3 is 2.86 bits per heavy atom. The number of aryl methyl sites for hydroxylation is 1. The van der Waals surface area contributed by atoms with Gasteiger partial charge < -0.3 is 16.0 Å². The van der Waals surface area contributed by atoms with E-state index in [1.165, 1.54) is 0 Å². The number of hydrogen-bond donors (Lipinski definition) is 2. The number of primary amides is 1. The summed E-state index contributed by atoms with van der Waals surface area (Å²) < 4.78 is 2.11. The lowest BCUT2D eigenvalue weighted by molar-refractivity contribution is -0.125. The zero-order chi connectivity index (χ0) is 19.7. The number of anilines is 1. The van der Waals surface area contributed by atoms with Gasteiger partial charge in [0.15, 0.2) is 5.82 Å². The van der Waals surface area contributed by atoms with E-state index in [1.807, 2.05) is 42.7 Å². The van der Waals surface area contributed by atoms with Crippen molar-refractivity contribution >= 4 is 45.3 Å². The van der Waals surface area contributed by atoms with E-state index in [2.05, 4.69) is 14.5 Å². The molecule has 1 unspecified atom stereocenters. The van der Waals surface area contributed by atoms with Gasteiger partial charge >= 0.3 is 0 Å². The van der Waals surface area contributed by atoms with E-state index in [0.29, 0.717) is 23.7 Å². The number of nitrogens with two attached hydrogens (primary N) is 2. The van der Waals surface area contributed by atoms with E-state index in [-0.39, 0.29) is 5.91 Å². The fraction of sp³-hybridized carbons (Fsp3) is 0.286. The fourth-order valence-corrected chi connectivity index (χ4v) is 3.98. The number of nitrogens with zero attached hydrogens (tertiary/aromatic N) is 3. The van der Waals surface area contributed by atoms with Gasteiger partial charge in [-0.2, -0.15) is 0 Å². The molecule has 3 aromatic rings. The van der Waals surface area contributed by atoms with Crippen LogP contribution >= 0.6 is 11.6 Å². The first kappa shape index (κ1) is 18.5. The van der Waals surface area contributed by atoms with Gasteiger partial charge in [-0.05, 0) is 31.4 Å². The highest BCUT2D eigenvalue weighted by atomic mass is 35.5. The van der Waals surface area contributed by atoms with E-state index >= 15 is 0 Å². The molecule has 0 spiro atoms. The predicted octanol–water partition coefficient (Wildman–Crippen LogP) is 3.89. The Bertz CT molecular complexity index is 1120. The van der Waals surface area contributed by atoms with Gasteiger partial charge in [-0.15, -0.1) is 0 Å². The molecule has 6 nitrogen and oxygen atoms in total. The van der Waals surface area contributed by atoms with Crippen molar-refractivity contribution < 1.29 is 4.79 Å². The molecule has 0 radical (unpaired) electrons. The van der Waals surface area contributed by atoms with Gasteiger partial charge in [-0.3, -0.25) is 4.79 Å². The van der Waals surface area contributed by atoms with Crippen LogP contribution in [0.3, 0.4) is 0 Å². The molecule has 28 heavy (non-hydrogen) atoms. The molecule has 4 N–H and O–H groups in total. The van der Waals surface area contributed by atoms with Gasteiger partial charge in [0.2, 0.25) is 5.91 Å². The number of pyridine rings is 1. The molecular weight excluding hydrogens is 374 g/mol. The second kappa shape index (κ2) is 7.28. The van der Waals surface area contributed by atoms with Crippen molar-refractivity contribution in [2.75, 3.05) is 5.73 Å². The molecule has 1 amide bonds. The van der Waals surface area contributed by atoms with E-state index in [4.69, 9.17) is 23.1 Å². The van der Waals surface area contributed by atoms with Crippen molar-refractivity contribution in [2.24, 2.45) is 11.1 Å². The number of allylic oxidation sites excluding steroid dienone is 3. The number of halogens is 1. The molecular formula is C21H22ClN5O. The Labute approximate surface area is 167 Å². The highest BCUT2D eigenvalue weighted by molar-refractivity contribution is 6.31. The van der Waals surface area contributed by atoms with Crippen LogP contribution in [0, 0.1) is 5.41 Å². The molecule has 144 valence electrons. The van der Waals surface area contributed by atoms with Crippen LogP contribution in [0.2, 0.25) is 0 Å². The van der Waals surface area contributed by atoms with Gasteiger partial charge in [0.05, 0.1) is 22.8 Å². The topological polar surface area (TPSA) is 99.8 Å². The van der Waals surface area contributed by atoms with Crippen LogP contribution in [0.15, 0.2) is 53.9 Å². The summed E-state index contributed by atoms with van der Waals surface area (Å²) in [5.41, 5.74) is 13.7. The van der Waals surface area contributed by atoms with Crippen molar-refractivity contribution in [1.29, 1.82) is 0 Å². The maximum atomic E-state index is 12.0. The number of carbonyl (C=O) groups excluding carboxylic acids is 1. The largest absolute Gasteiger partial charge is 0.382 e. The normalized spacial score (nSPS) is 19.2. The Hall–Kier alpha value is -2.86. The molecule has 2 aromatic heterocycles. The molecule has 0 bridgehead atoms. The van der Waals surface area contributed by atoms with Crippen molar-refractivity contribution in [2.45, 2.75) is 32.2 Å². The minimum Gasteiger partial charge on any atom is -0.382 e. The van der Waals surface area contributed by atoms with E-state index in [9.17, 15) is 4.79 Å². The zero-order valence-electron chi connectivity index (χ0n) is 15.4. The monoisotopic (exact) mass is 395 g/mol. The van der Waals surface area contributed by atoms with Crippen LogP contribution in [0.5, 0.6) is 0 Å². The Balaban J connectivity index is 1.51. The predicted molar refractivity (Wildman–Crippen MR) is 113 cm³/mol. The average Bonchev–Trinajstić information content (AvgIpc) is 3.12. The average molecular weight is 396 g/mol. The molecule has 1 atom stereocenters. The van der Waals surface area contributed by atoms with E-state index in [1.54, 1.807) is 6.08 Å². The summed E-state index contributed by atoms with van der Waals surface area (Å²) in [5, 5.41) is 1.69. The van der Waals surface area contributed by atoms with Gasteiger partial charge in [-0.1, -0.05) is 48.4 Å². The van der Waals surface area contributed by atoms with Crippen LogP contribution in [0.1, 0.15) is 25.7 Å². The highest BCUT2D eigenvalue weighted by Gasteiger charge is 2.33. The molecule has 1 aromatic carbocycles. The Morgan fingerprint density at radius 1 is 1.29 bits per heavy atom. The fourth-order valence-electron chi connectivity index (χ4n) is 3.84. The summed E-state index contributed by atoms with van der Waals surface area (Å²) in [5.74, 6) is 0.137. The number of fused-ring (bicyclic) bond motifs is 3. The molecule has 4 rings (SSSR count). The van der Waals surface area contributed by atoms with Crippen LogP contribution in [0.4, 0.5) is 5.82 Å². The molecule has 2 heterocycles. The number of rotatable bonds is 6. The molecule has 0 fully saturated rings. The Kier molecular flexibility index (Phi) is 4.81. The summed E-state index contributed by atoms with van der Waals surface area (Å²) in [6, 6.07) is 7.92. The van der Waals surface area contributed by atoms with Crippen molar-refractivity contribution in [3.63, 3.8) is 0 Å². The number of hydrogen-bond acceptors (Lipinski definition) is 4. The van der Waals surface area contributed by atoms with Crippen LogP contribution in [-0.4, -0.2) is 20.4 Å². The third-order valence-electron chi connectivity index (χ3n) is 5.47. The molecule has 1 aliphatic rings. The molecule has 7 heteroatoms. The number of unbranched alkanes of at least 4 members (excludes halogenated alkanes) is 1. The lowest BCUT2D eigenvalue weighted by atomic mass is 9.76. The zero-order valence-corrected chi connectivity index (χ0v) is 16.2. The second-order valence-electron chi connectivity index (χ2n) is 7.25. The summed E-state index contributed by atoms with van der Waals surface area (Å²) >= 11 is 5.99. The molecule has 0 saturated carbocycles. The third-order valence-corrected chi connectivity index (χ3v) is 5.75. The standard InChI is InChI=1S/C21H22ClN5O/c22-14-7-10-21(11-8-14,20(24)28)9-3-4-12-27-13-25-17-18(27)15-5-1-2-6-16(15)26-19(17)23/h1-2,5-8,10,13H,3-4,9,11-12H2,(H2,23,26)(H2,24,28).